The molecule has 208 valence electrons. The zero-order chi connectivity index (χ0) is 27.6. The summed E-state index contributed by atoms with van der Waals surface area (Å²) in [5.41, 5.74) is 4.14. The van der Waals surface area contributed by atoms with E-state index in [1.54, 1.807) is 13.3 Å². The molecule has 0 radical (unpaired) electrons. The quantitative estimate of drug-likeness (QED) is 0.248. The third-order valence-corrected chi connectivity index (χ3v) is 7.90. The van der Waals surface area contributed by atoms with Crippen LogP contribution in [0.25, 0.3) is 10.6 Å². The number of aromatic nitrogens is 2. The van der Waals surface area contributed by atoms with Crippen molar-refractivity contribution in [1.29, 1.82) is 0 Å². The number of methoxy groups -OCH3 is 1. The van der Waals surface area contributed by atoms with Gasteiger partial charge in [0.05, 0.1) is 35.8 Å². The Kier molecular flexibility index (Phi) is 9.73. The third kappa shape index (κ3) is 7.88. The van der Waals surface area contributed by atoms with Gasteiger partial charge in [-0.2, -0.15) is 0 Å². The third-order valence-electron chi connectivity index (χ3n) is 6.80. The van der Waals surface area contributed by atoms with Gasteiger partial charge in [0.25, 0.3) is 5.91 Å². The van der Waals surface area contributed by atoms with Crippen LogP contribution in [-0.4, -0.2) is 67.3 Å². The first-order chi connectivity index (χ1) is 19.7. The molecule has 2 aromatic carbocycles. The second-order valence-electron chi connectivity index (χ2n) is 9.67. The highest BCUT2D eigenvalue weighted by molar-refractivity contribution is 7.17. The van der Waals surface area contributed by atoms with Crippen molar-refractivity contribution in [2.75, 3.05) is 51.8 Å². The standard InChI is InChI=1S/C31H35N5O3S/c1-38-26-9-3-6-24(22-26)12-14-32-30(37)29-11-10-28(40-29)27-13-15-33-31(35-27)34-25-8-2-5-23(21-25)7-4-16-36-17-19-39-20-18-36/h2-3,5-6,8-11,13,15,21-22H,4,7,12,14,16-20H2,1H3,(H,32,37)(H,33,34,35). The lowest BCUT2D eigenvalue weighted by atomic mass is 10.1. The predicted octanol–water partition coefficient (Wildman–Crippen LogP) is 5.19. The number of thiophene rings is 1. The molecule has 0 aliphatic carbocycles. The van der Waals surface area contributed by atoms with Gasteiger partial charge in [0.2, 0.25) is 5.95 Å². The van der Waals surface area contributed by atoms with Gasteiger partial charge in [0.15, 0.2) is 0 Å². The monoisotopic (exact) mass is 557 g/mol. The number of ether oxygens (including phenoxy) is 2. The molecule has 2 aromatic heterocycles. The van der Waals surface area contributed by atoms with Gasteiger partial charge in [-0.1, -0.05) is 24.3 Å². The van der Waals surface area contributed by atoms with Crippen molar-refractivity contribution in [1.82, 2.24) is 20.2 Å². The van der Waals surface area contributed by atoms with Crippen LogP contribution >= 0.6 is 11.3 Å². The van der Waals surface area contributed by atoms with Gasteiger partial charge >= 0.3 is 0 Å². The first-order valence-electron chi connectivity index (χ1n) is 13.7. The molecule has 0 unspecified atom stereocenters. The van der Waals surface area contributed by atoms with Crippen LogP contribution < -0.4 is 15.4 Å². The fraction of sp³-hybridized carbons (Fsp3) is 0.323. The Labute approximate surface area is 239 Å². The van der Waals surface area contributed by atoms with E-state index in [-0.39, 0.29) is 5.91 Å². The zero-order valence-corrected chi connectivity index (χ0v) is 23.6. The molecule has 5 rings (SSSR count). The van der Waals surface area contributed by atoms with Crippen LogP contribution in [0.4, 0.5) is 11.6 Å². The molecule has 1 aliphatic heterocycles. The highest BCUT2D eigenvalue weighted by Gasteiger charge is 2.12. The first kappa shape index (κ1) is 27.8. The molecule has 4 aromatic rings. The Balaban J connectivity index is 1.14. The van der Waals surface area contributed by atoms with Crippen molar-refractivity contribution in [2.24, 2.45) is 0 Å². The van der Waals surface area contributed by atoms with Crippen LogP contribution in [0, 0.1) is 0 Å². The predicted molar refractivity (Wildman–Crippen MR) is 160 cm³/mol. The van der Waals surface area contributed by atoms with Gasteiger partial charge in [-0.3, -0.25) is 9.69 Å². The molecule has 3 heterocycles. The van der Waals surface area contributed by atoms with E-state index in [1.165, 1.54) is 16.9 Å². The first-order valence-corrected chi connectivity index (χ1v) is 14.5. The van der Waals surface area contributed by atoms with Gasteiger partial charge in [0, 0.05) is 31.5 Å². The smallest absolute Gasteiger partial charge is 0.261 e. The van der Waals surface area contributed by atoms with E-state index < -0.39 is 0 Å². The van der Waals surface area contributed by atoms with Crippen LogP contribution in [0.1, 0.15) is 27.2 Å². The summed E-state index contributed by atoms with van der Waals surface area (Å²) >= 11 is 1.42. The van der Waals surface area contributed by atoms with E-state index in [1.807, 2.05) is 48.5 Å². The van der Waals surface area contributed by atoms with Gasteiger partial charge < -0.3 is 20.1 Å². The summed E-state index contributed by atoms with van der Waals surface area (Å²) in [7, 11) is 1.65. The Bertz CT molecular complexity index is 1400. The molecule has 0 saturated carbocycles. The molecule has 8 nitrogen and oxygen atoms in total. The maximum absolute atomic E-state index is 12.7. The Morgan fingerprint density at radius 1 is 1.02 bits per heavy atom. The SMILES string of the molecule is COc1cccc(CCNC(=O)c2ccc(-c3ccnc(Nc4cccc(CCCN5CCOCC5)c4)n3)s2)c1. The van der Waals surface area contributed by atoms with E-state index in [9.17, 15) is 4.79 Å². The molecular formula is C31H35N5O3S. The van der Waals surface area contributed by atoms with E-state index in [0.29, 0.717) is 17.4 Å². The highest BCUT2D eigenvalue weighted by Crippen LogP contribution is 2.27. The molecule has 0 spiro atoms. The maximum atomic E-state index is 12.7. The number of rotatable bonds is 12. The minimum atomic E-state index is -0.0861. The average Bonchev–Trinajstić information content (AvgIpc) is 3.49. The molecule has 1 amide bonds. The van der Waals surface area contributed by atoms with Crippen molar-refractivity contribution in [3.8, 4) is 16.3 Å². The maximum Gasteiger partial charge on any atom is 0.261 e. The molecule has 40 heavy (non-hydrogen) atoms. The number of nitrogens with zero attached hydrogens (tertiary/aromatic N) is 3. The fourth-order valence-corrected chi connectivity index (χ4v) is 5.55. The fourth-order valence-electron chi connectivity index (χ4n) is 4.65. The van der Waals surface area contributed by atoms with Crippen molar-refractivity contribution in [3.63, 3.8) is 0 Å². The molecule has 2 N–H and O–H groups in total. The number of carbonyl (C=O) groups excluding carboxylic acids is 1. The Morgan fingerprint density at radius 3 is 2.70 bits per heavy atom. The van der Waals surface area contributed by atoms with Crippen molar-refractivity contribution >= 4 is 28.9 Å². The largest absolute Gasteiger partial charge is 0.497 e. The van der Waals surface area contributed by atoms with E-state index >= 15 is 0 Å². The minimum Gasteiger partial charge on any atom is -0.497 e. The Hall–Kier alpha value is -3.79. The summed E-state index contributed by atoms with van der Waals surface area (Å²) in [5.74, 6) is 1.26. The lowest BCUT2D eigenvalue weighted by molar-refractivity contribution is 0.0375. The lowest BCUT2D eigenvalue weighted by Gasteiger charge is -2.26. The molecule has 1 saturated heterocycles. The van der Waals surface area contributed by atoms with Gasteiger partial charge in [-0.25, -0.2) is 9.97 Å². The van der Waals surface area contributed by atoms with Crippen LogP contribution in [0.2, 0.25) is 0 Å². The number of benzene rings is 2. The van der Waals surface area contributed by atoms with Crippen molar-refractivity contribution in [2.45, 2.75) is 19.3 Å². The minimum absolute atomic E-state index is 0.0861. The van der Waals surface area contributed by atoms with Gasteiger partial charge in [-0.05, 0) is 79.4 Å². The van der Waals surface area contributed by atoms with E-state index in [0.717, 1.165) is 79.7 Å². The average molecular weight is 558 g/mol. The highest BCUT2D eigenvalue weighted by atomic mass is 32.1. The molecular weight excluding hydrogens is 522 g/mol. The van der Waals surface area contributed by atoms with E-state index in [2.05, 4.69) is 38.7 Å². The lowest BCUT2D eigenvalue weighted by Crippen LogP contribution is -2.36. The summed E-state index contributed by atoms with van der Waals surface area (Å²) in [6, 6.07) is 21.9. The molecule has 0 atom stereocenters. The number of carbonyl (C=O) groups is 1. The van der Waals surface area contributed by atoms with Crippen molar-refractivity contribution in [3.05, 3.63) is 88.9 Å². The van der Waals surface area contributed by atoms with Gasteiger partial charge in [0.1, 0.15) is 5.75 Å². The Morgan fingerprint density at radius 2 is 1.85 bits per heavy atom. The summed E-state index contributed by atoms with van der Waals surface area (Å²) < 4.78 is 10.7. The van der Waals surface area contributed by atoms with Gasteiger partial charge in [-0.15, -0.1) is 11.3 Å². The normalized spacial score (nSPS) is 13.6. The molecule has 0 bridgehead atoms. The summed E-state index contributed by atoms with van der Waals surface area (Å²) in [4.78, 5) is 25.9. The van der Waals surface area contributed by atoms with Crippen LogP contribution in [0.3, 0.4) is 0 Å². The zero-order valence-electron chi connectivity index (χ0n) is 22.8. The number of aryl methyl sites for hydroxylation is 1. The molecule has 9 heteroatoms. The number of amides is 1. The van der Waals surface area contributed by atoms with Crippen molar-refractivity contribution < 1.29 is 14.3 Å². The second-order valence-corrected chi connectivity index (χ2v) is 10.8. The van der Waals surface area contributed by atoms with E-state index in [4.69, 9.17) is 14.5 Å². The number of anilines is 2. The molecule has 1 aliphatic rings. The number of hydrogen-bond acceptors (Lipinski definition) is 8. The summed E-state index contributed by atoms with van der Waals surface area (Å²) in [6.07, 6.45) is 4.61. The summed E-state index contributed by atoms with van der Waals surface area (Å²) in [5, 5.41) is 6.35. The topological polar surface area (TPSA) is 88.6 Å². The number of hydrogen-bond donors (Lipinski definition) is 2. The number of nitrogens with one attached hydrogen (secondary N) is 2. The second kappa shape index (κ2) is 14.0. The van der Waals surface area contributed by atoms with Crippen LogP contribution in [-0.2, 0) is 17.6 Å². The molecule has 1 fully saturated rings. The van der Waals surface area contributed by atoms with Crippen LogP contribution in [0.15, 0.2) is 72.9 Å². The summed E-state index contributed by atoms with van der Waals surface area (Å²) in [6.45, 7) is 5.36. The van der Waals surface area contributed by atoms with Crippen LogP contribution in [0.5, 0.6) is 5.75 Å². The number of morpholine rings is 1.